The Bertz CT molecular complexity index is 542. The molecule has 0 saturated carbocycles. The van der Waals surface area contributed by atoms with Gasteiger partial charge in [-0.1, -0.05) is 32.9 Å². The molecule has 1 aromatic carbocycles. The van der Waals surface area contributed by atoms with Crippen LogP contribution in [0.25, 0.3) is 11.0 Å². The molecule has 0 saturated heterocycles. The lowest BCUT2D eigenvalue weighted by Gasteiger charge is -2.28. The highest BCUT2D eigenvalue weighted by molar-refractivity contribution is 5.75. The van der Waals surface area contributed by atoms with Crippen LogP contribution in [0.15, 0.2) is 24.3 Å². The number of para-hydroxylation sites is 2. The van der Waals surface area contributed by atoms with E-state index >= 15 is 0 Å². The lowest BCUT2D eigenvalue weighted by Crippen LogP contribution is -2.31. The van der Waals surface area contributed by atoms with Crippen LogP contribution in [0.1, 0.15) is 33.0 Å². The number of imidazole rings is 1. The van der Waals surface area contributed by atoms with Crippen LogP contribution in [0.5, 0.6) is 0 Å². The van der Waals surface area contributed by atoms with Gasteiger partial charge in [-0.25, -0.2) is 4.98 Å². The first-order valence-electron chi connectivity index (χ1n) is 6.54. The number of nitrogens with zero attached hydrogens (tertiary/aromatic N) is 2. The second kappa shape index (κ2) is 4.73. The Morgan fingerprint density at radius 3 is 2.61 bits per heavy atom. The summed E-state index contributed by atoms with van der Waals surface area (Å²) in [6.45, 7) is 6.30. The Morgan fingerprint density at radius 1 is 1.33 bits per heavy atom. The number of hydrogen-bond acceptors (Lipinski definition) is 2. The summed E-state index contributed by atoms with van der Waals surface area (Å²) >= 11 is 0. The molecule has 3 heteroatoms. The highest BCUT2D eigenvalue weighted by Gasteiger charge is 2.27. The Hall–Kier alpha value is -1.35. The van der Waals surface area contributed by atoms with Crippen LogP contribution in [0.3, 0.4) is 0 Å². The van der Waals surface area contributed by atoms with Crippen molar-refractivity contribution in [1.82, 2.24) is 9.55 Å². The maximum absolute atomic E-state index is 10.3. The normalized spacial score (nSPS) is 14.1. The van der Waals surface area contributed by atoms with E-state index in [0.717, 1.165) is 23.3 Å². The van der Waals surface area contributed by atoms with Crippen LogP contribution >= 0.6 is 0 Å². The molecule has 1 heterocycles. The first kappa shape index (κ1) is 13.1. The fraction of sp³-hybridized carbons (Fsp3) is 0.533. The first-order chi connectivity index (χ1) is 8.45. The van der Waals surface area contributed by atoms with Gasteiger partial charge in [0.25, 0.3) is 0 Å². The zero-order chi connectivity index (χ0) is 13.3. The number of hydrogen-bond donors (Lipinski definition) is 1. The van der Waals surface area contributed by atoms with Crippen molar-refractivity contribution >= 4 is 11.0 Å². The minimum atomic E-state index is -0.363. The van der Waals surface area contributed by atoms with Crippen molar-refractivity contribution in [3.8, 4) is 0 Å². The third-order valence-electron chi connectivity index (χ3n) is 4.07. The summed E-state index contributed by atoms with van der Waals surface area (Å²) < 4.78 is 2.07. The number of rotatable bonds is 4. The number of benzene rings is 1. The van der Waals surface area contributed by atoms with E-state index in [0.29, 0.717) is 6.42 Å². The van der Waals surface area contributed by atoms with E-state index in [9.17, 15) is 5.11 Å². The van der Waals surface area contributed by atoms with E-state index < -0.39 is 0 Å². The van der Waals surface area contributed by atoms with Gasteiger partial charge in [0.2, 0.25) is 0 Å². The molecule has 0 aliphatic rings. The zero-order valence-electron chi connectivity index (χ0n) is 11.6. The molecule has 0 amide bonds. The summed E-state index contributed by atoms with van der Waals surface area (Å²) in [5.74, 6) is 0.949. The van der Waals surface area contributed by atoms with Crippen molar-refractivity contribution in [3.63, 3.8) is 0 Å². The van der Waals surface area contributed by atoms with Gasteiger partial charge in [-0.05, 0) is 24.0 Å². The predicted octanol–water partition coefficient (Wildman–Crippen LogP) is 2.91. The SMILES string of the molecule is CCC(C)(C)C(O)Cc1nc2ccccc2n1C. The highest BCUT2D eigenvalue weighted by atomic mass is 16.3. The number of aromatic nitrogens is 2. The fourth-order valence-corrected chi connectivity index (χ4v) is 2.06. The molecule has 98 valence electrons. The summed E-state index contributed by atoms with van der Waals surface area (Å²) in [6.07, 6.45) is 1.20. The second-order valence-corrected chi connectivity index (χ2v) is 5.64. The summed E-state index contributed by atoms with van der Waals surface area (Å²) in [5.41, 5.74) is 2.04. The van der Waals surface area contributed by atoms with Crippen LogP contribution in [-0.2, 0) is 13.5 Å². The molecule has 2 aromatic rings. The van der Waals surface area contributed by atoms with Crippen LogP contribution in [0.4, 0.5) is 0 Å². The summed E-state index contributed by atoms with van der Waals surface area (Å²) in [4.78, 5) is 4.60. The lowest BCUT2D eigenvalue weighted by atomic mass is 9.82. The Kier molecular flexibility index (Phi) is 3.44. The van der Waals surface area contributed by atoms with Gasteiger partial charge in [0, 0.05) is 13.5 Å². The van der Waals surface area contributed by atoms with E-state index in [1.807, 2.05) is 25.2 Å². The lowest BCUT2D eigenvalue weighted by molar-refractivity contribution is 0.0459. The average Bonchev–Trinajstić information content (AvgIpc) is 2.67. The van der Waals surface area contributed by atoms with Crippen LogP contribution in [0, 0.1) is 5.41 Å². The molecule has 0 fully saturated rings. The van der Waals surface area contributed by atoms with Gasteiger partial charge >= 0.3 is 0 Å². The van der Waals surface area contributed by atoms with Crippen molar-refractivity contribution in [1.29, 1.82) is 0 Å². The van der Waals surface area contributed by atoms with Crippen molar-refractivity contribution in [2.45, 2.75) is 39.7 Å². The molecule has 3 nitrogen and oxygen atoms in total. The predicted molar refractivity (Wildman–Crippen MR) is 74.5 cm³/mol. The smallest absolute Gasteiger partial charge is 0.112 e. The van der Waals surface area contributed by atoms with Crippen LogP contribution in [-0.4, -0.2) is 20.8 Å². The minimum Gasteiger partial charge on any atom is -0.392 e. The van der Waals surface area contributed by atoms with Crippen molar-refractivity contribution in [2.24, 2.45) is 12.5 Å². The van der Waals surface area contributed by atoms with Gasteiger partial charge < -0.3 is 9.67 Å². The Morgan fingerprint density at radius 2 is 2.00 bits per heavy atom. The molecule has 0 aliphatic carbocycles. The largest absolute Gasteiger partial charge is 0.392 e. The van der Waals surface area contributed by atoms with E-state index in [2.05, 4.69) is 36.4 Å². The molecule has 18 heavy (non-hydrogen) atoms. The zero-order valence-corrected chi connectivity index (χ0v) is 11.6. The monoisotopic (exact) mass is 246 g/mol. The molecule has 0 spiro atoms. The van der Waals surface area contributed by atoms with E-state index in [4.69, 9.17) is 0 Å². The van der Waals surface area contributed by atoms with Gasteiger partial charge in [0.15, 0.2) is 0 Å². The van der Waals surface area contributed by atoms with Crippen molar-refractivity contribution in [2.75, 3.05) is 0 Å². The van der Waals surface area contributed by atoms with E-state index in [-0.39, 0.29) is 11.5 Å². The summed E-state index contributed by atoms with van der Waals surface area (Å²) in [5, 5.41) is 10.3. The molecule has 2 rings (SSSR count). The first-order valence-corrected chi connectivity index (χ1v) is 6.54. The van der Waals surface area contributed by atoms with E-state index in [1.165, 1.54) is 0 Å². The van der Waals surface area contributed by atoms with E-state index in [1.54, 1.807) is 0 Å². The maximum atomic E-state index is 10.3. The van der Waals surface area contributed by atoms with Gasteiger partial charge in [-0.15, -0.1) is 0 Å². The third kappa shape index (κ3) is 2.27. The summed E-state index contributed by atoms with van der Waals surface area (Å²) in [7, 11) is 2.01. The maximum Gasteiger partial charge on any atom is 0.112 e. The van der Waals surface area contributed by atoms with Crippen LogP contribution < -0.4 is 0 Å². The quantitative estimate of drug-likeness (QED) is 0.900. The fourth-order valence-electron chi connectivity index (χ4n) is 2.06. The molecule has 0 radical (unpaired) electrons. The second-order valence-electron chi connectivity index (χ2n) is 5.64. The molecule has 0 bridgehead atoms. The molecule has 0 aliphatic heterocycles. The number of aliphatic hydroxyl groups excluding tert-OH is 1. The molecule has 1 N–H and O–H groups in total. The minimum absolute atomic E-state index is 0.0713. The molecule has 1 aromatic heterocycles. The highest BCUT2D eigenvalue weighted by Crippen LogP contribution is 2.27. The van der Waals surface area contributed by atoms with Gasteiger partial charge in [-0.3, -0.25) is 0 Å². The van der Waals surface area contributed by atoms with Crippen molar-refractivity contribution < 1.29 is 5.11 Å². The number of aryl methyl sites for hydroxylation is 1. The molecule has 1 atom stereocenters. The van der Waals surface area contributed by atoms with Gasteiger partial charge in [0.1, 0.15) is 5.82 Å². The number of fused-ring (bicyclic) bond motifs is 1. The van der Waals surface area contributed by atoms with Gasteiger partial charge in [-0.2, -0.15) is 0 Å². The van der Waals surface area contributed by atoms with Crippen molar-refractivity contribution in [3.05, 3.63) is 30.1 Å². The Labute approximate surface area is 108 Å². The standard InChI is InChI=1S/C15H22N2O/c1-5-15(2,3)13(18)10-14-16-11-8-6-7-9-12(11)17(14)4/h6-9,13,18H,5,10H2,1-4H3. The third-order valence-corrected chi connectivity index (χ3v) is 4.07. The molecular weight excluding hydrogens is 224 g/mol. The topological polar surface area (TPSA) is 38.1 Å². The van der Waals surface area contributed by atoms with Gasteiger partial charge in [0.05, 0.1) is 17.1 Å². The molecular formula is C15H22N2O. The molecule has 1 unspecified atom stereocenters. The number of aliphatic hydroxyl groups is 1. The van der Waals surface area contributed by atoms with Crippen LogP contribution in [0.2, 0.25) is 0 Å². The Balaban J connectivity index is 2.30. The summed E-state index contributed by atoms with van der Waals surface area (Å²) in [6, 6.07) is 8.07. The average molecular weight is 246 g/mol.